The number of nitrogens with zero attached hydrogens (tertiary/aromatic N) is 1. The summed E-state index contributed by atoms with van der Waals surface area (Å²) in [6.07, 6.45) is 2.15. The van der Waals surface area contributed by atoms with Gasteiger partial charge in [-0.3, -0.25) is 9.69 Å². The minimum absolute atomic E-state index is 0.00184. The molecule has 0 aliphatic carbocycles. The Labute approximate surface area is 132 Å². The summed E-state index contributed by atoms with van der Waals surface area (Å²) in [5.41, 5.74) is 0.0874. The predicted molar refractivity (Wildman–Crippen MR) is 85.9 cm³/mol. The lowest BCUT2D eigenvalue weighted by Gasteiger charge is -2.40. The highest BCUT2D eigenvalue weighted by Gasteiger charge is 2.38. The average Bonchev–Trinajstić information content (AvgIpc) is 2.45. The van der Waals surface area contributed by atoms with E-state index >= 15 is 0 Å². The van der Waals surface area contributed by atoms with Crippen LogP contribution in [0.2, 0.25) is 0 Å². The number of rotatable bonds is 2. The summed E-state index contributed by atoms with van der Waals surface area (Å²) in [7, 11) is 0. The molecule has 0 N–H and O–H groups in total. The Hall–Kier alpha value is -1.84. The van der Waals surface area contributed by atoms with Gasteiger partial charge in [-0.1, -0.05) is 30.3 Å². The molecule has 2 atom stereocenters. The first-order chi connectivity index (χ1) is 10.3. The van der Waals surface area contributed by atoms with Gasteiger partial charge in [-0.15, -0.1) is 0 Å². The molecular formula is C18H25NO3. The van der Waals surface area contributed by atoms with Crippen molar-refractivity contribution in [1.29, 1.82) is 0 Å². The van der Waals surface area contributed by atoms with Gasteiger partial charge in [0.1, 0.15) is 5.60 Å². The molecule has 120 valence electrons. The molecule has 0 unspecified atom stereocenters. The third kappa shape index (κ3) is 3.87. The van der Waals surface area contributed by atoms with E-state index in [4.69, 9.17) is 4.74 Å². The van der Waals surface area contributed by atoms with Gasteiger partial charge in [0.2, 0.25) is 0 Å². The van der Waals surface area contributed by atoms with E-state index in [1.54, 1.807) is 17.0 Å². The normalized spacial score (nSPS) is 22.3. The second-order valence-corrected chi connectivity index (χ2v) is 6.91. The van der Waals surface area contributed by atoms with Gasteiger partial charge >= 0.3 is 6.09 Å². The summed E-state index contributed by atoms with van der Waals surface area (Å²) in [6, 6.07) is 8.76. The van der Waals surface area contributed by atoms with Crippen LogP contribution in [0.4, 0.5) is 4.79 Å². The van der Waals surface area contributed by atoms with E-state index in [0.717, 1.165) is 12.8 Å². The van der Waals surface area contributed by atoms with Gasteiger partial charge in [-0.2, -0.15) is 0 Å². The van der Waals surface area contributed by atoms with Gasteiger partial charge in [0.25, 0.3) is 0 Å². The zero-order chi connectivity index (χ0) is 16.3. The molecule has 1 aromatic carbocycles. The Morgan fingerprint density at radius 3 is 2.36 bits per heavy atom. The summed E-state index contributed by atoms with van der Waals surface area (Å²) in [6.45, 7) is 7.50. The molecule has 4 nitrogen and oxygen atoms in total. The fraction of sp³-hybridized carbons (Fsp3) is 0.556. The molecule has 0 aromatic heterocycles. The second-order valence-electron chi connectivity index (χ2n) is 6.91. The van der Waals surface area contributed by atoms with Crippen LogP contribution < -0.4 is 0 Å². The summed E-state index contributed by atoms with van der Waals surface area (Å²) in [5.74, 6) is -0.00184. The number of hydrogen-bond donors (Lipinski definition) is 0. The van der Waals surface area contributed by atoms with Gasteiger partial charge in [-0.05, 0) is 47.0 Å². The van der Waals surface area contributed by atoms with Crippen LogP contribution in [0.1, 0.15) is 57.3 Å². The maximum Gasteiger partial charge on any atom is 0.411 e. The summed E-state index contributed by atoms with van der Waals surface area (Å²) < 4.78 is 5.50. The van der Waals surface area contributed by atoms with Crippen molar-refractivity contribution in [2.75, 3.05) is 0 Å². The van der Waals surface area contributed by atoms with Crippen molar-refractivity contribution < 1.29 is 14.3 Å². The molecule has 0 spiro atoms. The van der Waals surface area contributed by atoms with Crippen molar-refractivity contribution in [2.45, 2.75) is 64.6 Å². The Bertz CT molecular complexity index is 533. The average molecular weight is 303 g/mol. The molecule has 1 aromatic rings. The van der Waals surface area contributed by atoms with Crippen molar-refractivity contribution in [1.82, 2.24) is 4.90 Å². The lowest BCUT2D eigenvalue weighted by atomic mass is 9.91. The molecule has 1 heterocycles. The van der Waals surface area contributed by atoms with Gasteiger partial charge in [-0.25, -0.2) is 4.79 Å². The Morgan fingerprint density at radius 1 is 1.14 bits per heavy atom. The minimum atomic E-state index is -0.561. The number of hydrogen-bond acceptors (Lipinski definition) is 3. The third-order valence-corrected chi connectivity index (χ3v) is 3.88. The highest BCUT2D eigenvalue weighted by molar-refractivity contribution is 6.01. The fourth-order valence-electron chi connectivity index (χ4n) is 2.87. The maximum absolute atomic E-state index is 12.8. The number of ketones is 1. The molecule has 0 radical (unpaired) electrons. The Morgan fingerprint density at radius 2 is 1.77 bits per heavy atom. The van der Waals surface area contributed by atoms with Crippen molar-refractivity contribution >= 4 is 11.9 Å². The molecule has 22 heavy (non-hydrogen) atoms. The minimum Gasteiger partial charge on any atom is -0.444 e. The Kier molecular flexibility index (Phi) is 4.89. The van der Waals surface area contributed by atoms with Crippen LogP contribution in [0.3, 0.4) is 0 Å². The third-order valence-electron chi connectivity index (χ3n) is 3.88. The zero-order valence-corrected chi connectivity index (χ0v) is 13.8. The predicted octanol–water partition coefficient (Wildman–Crippen LogP) is 4.05. The molecule has 1 fully saturated rings. The second kappa shape index (κ2) is 6.51. The molecular weight excluding hydrogens is 278 g/mol. The van der Waals surface area contributed by atoms with Crippen LogP contribution in [-0.2, 0) is 4.74 Å². The number of amides is 1. The van der Waals surface area contributed by atoms with Crippen molar-refractivity contribution in [2.24, 2.45) is 0 Å². The molecule has 1 aliphatic rings. The number of Topliss-reactive ketones (excluding diaryl/α,β-unsaturated/α-hetero) is 1. The van der Waals surface area contributed by atoms with E-state index < -0.39 is 17.7 Å². The van der Waals surface area contributed by atoms with Crippen molar-refractivity contribution in [3.63, 3.8) is 0 Å². The van der Waals surface area contributed by atoms with E-state index in [1.807, 2.05) is 45.9 Å². The van der Waals surface area contributed by atoms with E-state index in [-0.39, 0.29) is 11.8 Å². The van der Waals surface area contributed by atoms with E-state index in [1.165, 1.54) is 0 Å². The first kappa shape index (κ1) is 16.5. The number of carbonyl (C=O) groups is 2. The molecule has 1 amide bonds. The molecule has 0 bridgehead atoms. The van der Waals surface area contributed by atoms with Gasteiger partial charge in [0, 0.05) is 11.6 Å². The molecule has 0 saturated carbocycles. The zero-order valence-electron chi connectivity index (χ0n) is 13.8. The number of piperidine rings is 1. The quantitative estimate of drug-likeness (QED) is 0.774. The summed E-state index contributed by atoms with van der Waals surface area (Å²) >= 11 is 0. The SMILES string of the molecule is C[C@@H]1CCC[C@H](C(=O)c2ccccc2)N1C(=O)OC(C)(C)C. The number of carbonyl (C=O) groups excluding carboxylic acids is 2. The highest BCUT2D eigenvalue weighted by atomic mass is 16.6. The summed E-state index contributed by atoms with van der Waals surface area (Å²) in [4.78, 5) is 26.9. The molecule has 1 saturated heterocycles. The van der Waals surface area contributed by atoms with E-state index in [2.05, 4.69) is 0 Å². The van der Waals surface area contributed by atoms with E-state index in [0.29, 0.717) is 12.0 Å². The van der Waals surface area contributed by atoms with Crippen LogP contribution in [0, 0.1) is 0 Å². The maximum atomic E-state index is 12.8. The topological polar surface area (TPSA) is 46.6 Å². The first-order valence-electron chi connectivity index (χ1n) is 7.90. The fourth-order valence-corrected chi connectivity index (χ4v) is 2.87. The largest absolute Gasteiger partial charge is 0.444 e. The summed E-state index contributed by atoms with van der Waals surface area (Å²) in [5, 5.41) is 0. The number of ether oxygens (including phenoxy) is 1. The van der Waals surface area contributed by atoms with Crippen LogP contribution in [0.15, 0.2) is 30.3 Å². The molecule has 2 rings (SSSR count). The van der Waals surface area contributed by atoms with Crippen LogP contribution in [-0.4, -0.2) is 34.5 Å². The highest BCUT2D eigenvalue weighted by Crippen LogP contribution is 2.27. The smallest absolute Gasteiger partial charge is 0.411 e. The molecule has 4 heteroatoms. The molecule has 1 aliphatic heterocycles. The van der Waals surface area contributed by atoms with Gasteiger partial charge < -0.3 is 4.74 Å². The lowest BCUT2D eigenvalue weighted by molar-refractivity contribution is -0.00101. The van der Waals surface area contributed by atoms with Crippen molar-refractivity contribution in [3.8, 4) is 0 Å². The van der Waals surface area contributed by atoms with Gasteiger partial charge in [0.15, 0.2) is 5.78 Å². The lowest BCUT2D eigenvalue weighted by Crippen LogP contribution is -2.53. The first-order valence-corrected chi connectivity index (χ1v) is 7.90. The number of likely N-dealkylation sites (tertiary alicyclic amines) is 1. The van der Waals surface area contributed by atoms with Crippen LogP contribution in [0.5, 0.6) is 0 Å². The van der Waals surface area contributed by atoms with Crippen LogP contribution in [0.25, 0.3) is 0 Å². The monoisotopic (exact) mass is 303 g/mol. The Balaban J connectivity index is 2.23. The van der Waals surface area contributed by atoms with E-state index in [9.17, 15) is 9.59 Å². The van der Waals surface area contributed by atoms with Gasteiger partial charge in [0.05, 0.1) is 6.04 Å². The van der Waals surface area contributed by atoms with Crippen molar-refractivity contribution in [3.05, 3.63) is 35.9 Å². The number of benzene rings is 1. The van der Waals surface area contributed by atoms with Crippen LogP contribution >= 0.6 is 0 Å². The standard InChI is InChI=1S/C18H25NO3/c1-13-9-8-12-15(16(20)14-10-6-5-7-11-14)19(13)17(21)22-18(2,3)4/h5-7,10-11,13,15H,8-9,12H2,1-4H3/t13-,15-/m1/s1.